The predicted molar refractivity (Wildman–Crippen MR) is 88.4 cm³/mol. The third-order valence-electron chi connectivity index (χ3n) is 3.74. The van der Waals surface area contributed by atoms with Crippen LogP contribution < -0.4 is 0 Å². The van der Waals surface area contributed by atoms with E-state index in [1.807, 2.05) is 18.7 Å². The van der Waals surface area contributed by atoms with Crippen LogP contribution in [-0.2, 0) is 19.9 Å². The molecule has 0 aliphatic rings. The summed E-state index contributed by atoms with van der Waals surface area (Å²) in [6.07, 6.45) is 1.78. The number of imidazole rings is 1. The highest BCUT2D eigenvalue weighted by atomic mass is 35.5. The first kappa shape index (κ1) is 14.6. The van der Waals surface area contributed by atoms with Gasteiger partial charge in [0.25, 0.3) is 0 Å². The summed E-state index contributed by atoms with van der Waals surface area (Å²) in [5.74, 6) is 1.64. The predicted octanol–water partition coefficient (Wildman–Crippen LogP) is 3.72. The van der Waals surface area contributed by atoms with Gasteiger partial charge in [0.1, 0.15) is 11.3 Å². The molecule has 112 valence electrons. The Morgan fingerprint density at radius 3 is 2.90 bits per heavy atom. The lowest BCUT2D eigenvalue weighted by Crippen LogP contribution is -2.14. The second-order valence-corrected chi connectivity index (χ2v) is 6.76. The van der Waals surface area contributed by atoms with Gasteiger partial charge in [0.15, 0.2) is 5.65 Å². The highest BCUT2D eigenvalue weighted by Gasteiger charge is 2.21. The molecule has 6 heteroatoms. The smallest absolute Gasteiger partial charge is 0.158 e. The lowest BCUT2D eigenvalue weighted by atomic mass is 10.2. The fourth-order valence-corrected chi connectivity index (χ4v) is 3.87. The Kier molecular flexibility index (Phi) is 4.04. The molecule has 3 aromatic heterocycles. The fraction of sp³-hybridized carbons (Fsp3) is 0.467. The minimum Gasteiger partial charge on any atom is -0.310 e. The molecule has 0 fully saturated rings. The van der Waals surface area contributed by atoms with Gasteiger partial charge in [0.2, 0.25) is 0 Å². The Bertz CT molecular complexity index is 741. The van der Waals surface area contributed by atoms with E-state index in [2.05, 4.69) is 34.1 Å². The van der Waals surface area contributed by atoms with E-state index < -0.39 is 0 Å². The topological polar surface area (TPSA) is 35.6 Å². The van der Waals surface area contributed by atoms with Gasteiger partial charge in [0, 0.05) is 36.7 Å². The zero-order valence-electron chi connectivity index (χ0n) is 12.5. The highest BCUT2D eigenvalue weighted by Crippen LogP contribution is 2.26. The number of hydrogen-bond acceptors (Lipinski definition) is 3. The number of alkyl halides is 1. The van der Waals surface area contributed by atoms with Gasteiger partial charge in [0.05, 0.1) is 5.69 Å². The maximum absolute atomic E-state index is 5.96. The summed E-state index contributed by atoms with van der Waals surface area (Å²) in [7, 11) is 1.98. The second kappa shape index (κ2) is 5.81. The molecule has 0 aliphatic carbocycles. The van der Waals surface area contributed by atoms with Gasteiger partial charge in [-0.2, -0.15) is 5.10 Å². The van der Waals surface area contributed by atoms with Gasteiger partial charge < -0.3 is 4.57 Å². The molecule has 0 radical (unpaired) electrons. The molecule has 0 saturated heterocycles. The summed E-state index contributed by atoms with van der Waals surface area (Å²) < 4.78 is 4.23. The quantitative estimate of drug-likeness (QED) is 0.671. The summed E-state index contributed by atoms with van der Waals surface area (Å²) in [5, 5.41) is 6.62. The van der Waals surface area contributed by atoms with Crippen LogP contribution in [-0.4, -0.2) is 25.2 Å². The van der Waals surface area contributed by atoms with E-state index in [4.69, 9.17) is 16.6 Å². The number of rotatable bonds is 5. The van der Waals surface area contributed by atoms with Gasteiger partial charge in [-0.15, -0.1) is 22.9 Å². The van der Waals surface area contributed by atoms with E-state index in [0.29, 0.717) is 11.9 Å². The van der Waals surface area contributed by atoms with Gasteiger partial charge in [-0.25, -0.2) is 4.98 Å². The van der Waals surface area contributed by atoms with Crippen LogP contribution in [0.15, 0.2) is 17.5 Å². The third kappa shape index (κ3) is 2.60. The summed E-state index contributed by atoms with van der Waals surface area (Å²) in [5.41, 5.74) is 3.07. The van der Waals surface area contributed by atoms with Crippen LogP contribution in [0, 0.1) is 6.92 Å². The molecule has 0 amide bonds. The van der Waals surface area contributed by atoms with E-state index in [-0.39, 0.29) is 0 Å². The first-order valence-electron chi connectivity index (χ1n) is 7.10. The van der Waals surface area contributed by atoms with Crippen molar-refractivity contribution >= 4 is 34.1 Å². The molecule has 4 nitrogen and oxygen atoms in total. The lowest BCUT2D eigenvalue weighted by Gasteiger charge is -2.17. The molecule has 3 aromatic rings. The van der Waals surface area contributed by atoms with Crippen LogP contribution in [0.5, 0.6) is 0 Å². The average Bonchev–Trinajstić information content (AvgIpc) is 3.10. The van der Waals surface area contributed by atoms with Crippen molar-refractivity contribution in [1.82, 2.24) is 19.3 Å². The van der Waals surface area contributed by atoms with Crippen molar-refractivity contribution in [2.24, 2.45) is 7.05 Å². The molecule has 0 aliphatic heterocycles. The molecule has 3 heterocycles. The zero-order chi connectivity index (χ0) is 15.0. The number of aryl methyl sites for hydroxylation is 3. The molecule has 21 heavy (non-hydrogen) atoms. The molecule has 0 aromatic carbocycles. The highest BCUT2D eigenvalue weighted by molar-refractivity contribution is 7.09. The number of aromatic nitrogens is 4. The van der Waals surface area contributed by atoms with Crippen molar-refractivity contribution in [3.63, 3.8) is 0 Å². The van der Waals surface area contributed by atoms with E-state index in [9.17, 15) is 0 Å². The maximum atomic E-state index is 5.96. The van der Waals surface area contributed by atoms with Crippen molar-refractivity contribution < 1.29 is 0 Å². The first-order valence-corrected chi connectivity index (χ1v) is 8.52. The van der Waals surface area contributed by atoms with Crippen molar-refractivity contribution in [3.8, 4) is 0 Å². The summed E-state index contributed by atoms with van der Waals surface area (Å²) >= 11 is 7.76. The van der Waals surface area contributed by atoms with E-state index in [0.717, 1.165) is 35.5 Å². The first-order chi connectivity index (χ1) is 10.1. The van der Waals surface area contributed by atoms with E-state index >= 15 is 0 Å². The van der Waals surface area contributed by atoms with Crippen LogP contribution in [0.25, 0.3) is 11.2 Å². The fourth-order valence-electron chi connectivity index (χ4n) is 2.88. The molecule has 3 rings (SSSR count). The van der Waals surface area contributed by atoms with Crippen molar-refractivity contribution in [2.75, 3.05) is 5.88 Å². The Hall–Kier alpha value is -1.33. The number of thiophene rings is 1. The molecule has 1 unspecified atom stereocenters. The van der Waals surface area contributed by atoms with Gasteiger partial charge in [-0.1, -0.05) is 6.07 Å². The Morgan fingerprint density at radius 2 is 2.24 bits per heavy atom. The molecule has 0 spiro atoms. The van der Waals surface area contributed by atoms with Crippen LogP contribution in [0.4, 0.5) is 0 Å². The third-order valence-corrected chi connectivity index (χ3v) is 4.83. The average molecular weight is 323 g/mol. The minimum absolute atomic E-state index is 0.335. The lowest BCUT2D eigenvalue weighted by molar-refractivity contribution is 0.527. The number of nitrogens with zero attached hydrogens (tertiary/aromatic N) is 4. The van der Waals surface area contributed by atoms with Gasteiger partial charge in [-0.3, -0.25) is 4.68 Å². The Balaban J connectivity index is 2.07. The minimum atomic E-state index is 0.335. The normalized spacial score (nSPS) is 13.1. The maximum Gasteiger partial charge on any atom is 0.158 e. The molecular weight excluding hydrogens is 304 g/mol. The van der Waals surface area contributed by atoms with Crippen molar-refractivity contribution in [2.45, 2.75) is 32.7 Å². The SMILES string of the molecule is Cc1nn(C)c2c1nc(CCCl)n2C(C)Cc1cccs1. The summed E-state index contributed by atoms with van der Waals surface area (Å²) in [6, 6.07) is 4.62. The van der Waals surface area contributed by atoms with Crippen molar-refractivity contribution in [3.05, 3.63) is 33.9 Å². The number of halogens is 1. The molecule has 0 bridgehead atoms. The van der Waals surface area contributed by atoms with Crippen LogP contribution in [0.3, 0.4) is 0 Å². The molecule has 0 N–H and O–H groups in total. The monoisotopic (exact) mass is 322 g/mol. The summed E-state index contributed by atoms with van der Waals surface area (Å²) in [4.78, 5) is 6.16. The van der Waals surface area contributed by atoms with Crippen LogP contribution in [0.2, 0.25) is 0 Å². The van der Waals surface area contributed by atoms with Gasteiger partial charge in [-0.05, 0) is 25.3 Å². The van der Waals surface area contributed by atoms with E-state index in [1.165, 1.54) is 4.88 Å². The zero-order valence-corrected chi connectivity index (χ0v) is 14.1. The summed E-state index contributed by atoms with van der Waals surface area (Å²) in [6.45, 7) is 4.25. The molecular formula is C15H19ClN4S. The van der Waals surface area contributed by atoms with Crippen LogP contribution in [0.1, 0.15) is 29.4 Å². The largest absolute Gasteiger partial charge is 0.310 e. The number of fused-ring (bicyclic) bond motifs is 1. The molecule has 0 saturated carbocycles. The molecule has 1 atom stereocenters. The standard InChI is InChI=1S/C15H19ClN4S/c1-10(9-12-5-4-8-21-12)20-13(6-7-16)17-14-11(2)18-19(3)15(14)20/h4-5,8,10H,6-7,9H2,1-3H3. The second-order valence-electron chi connectivity index (χ2n) is 5.35. The van der Waals surface area contributed by atoms with Gasteiger partial charge >= 0.3 is 0 Å². The number of hydrogen-bond donors (Lipinski definition) is 0. The van der Waals surface area contributed by atoms with Crippen molar-refractivity contribution in [1.29, 1.82) is 0 Å². The van der Waals surface area contributed by atoms with Crippen LogP contribution >= 0.6 is 22.9 Å². The van der Waals surface area contributed by atoms with E-state index in [1.54, 1.807) is 11.3 Å². The Labute approximate surface area is 133 Å². The Morgan fingerprint density at radius 1 is 1.43 bits per heavy atom.